The number of carboxylic acids is 1. The summed E-state index contributed by atoms with van der Waals surface area (Å²) in [6, 6.07) is 0.661. The van der Waals surface area contributed by atoms with Crippen LogP contribution in [-0.4, -0.2) is 39.6 Å². The molecule has 94 valence electrons. The van der Waals surface area contributed by atoms with Gasteiger partial charge >= 0.3 is 5.97 Å². The summed E-state index contributed by atoms with van der Waals surface area (Å²) in [5, 5.41) is 12.5. The van der Waals surface area contributed by atoms with E-state index < -0.39 is 17.9 Å². The zero-order valence-corrected chi connectivity index (χ0v) is 10.1. The van der Waals surface area contributed by atoms with Crippen LogP contribution in [0.5, 0.6) is 0 Å². The molecule has 6 nitrogen and oxygen atoms in total. The minimum absolute atomic E-state index is 0.150. The molecule has 1 rings (SSSR count). The standard InChI is InChI=1S/C11H16N2O4/c1-4-8-6-9(12-17-8)10(14)13(5-2)7(3)11(15)16/h6-7H,4-5H2,1-3H3,(H,15,16). The molecule has 0 aliphatic heterocycles. The van der Waals surface area contributed by atoms with Gasteiger partial charge in [-0.3, -0.25) is 4.79 Å². The normalized spacial score (nSPS) is 12.2. The molecule has 0 spiro atoms. The summed E-state index contributed by atoms with van der Waals surface area (Å²) < 4.78 is 4.92. The summed E-state index contributed by atoms with van der Waals surface area (Å²) in [7, 11) is 0. The largest absolute Gasteiger partial charge is 0.480 e. The number of likely N-dealkylation sites (N-methyl/N-ethyl adjacent to an activating group) is 1. The number of rotatable bonds is 5. The second-order valence-corrected chi connectivity index (χ2v) is 3.64. The van der Waals surface area contributed by atoms with Gasteiger partial charge in [-0.1, -0.05) is 12.1 Å². The van der Waals surface area contributed by atoms with Gasteiger partial charge in [-0.2, -0.15) is 0 Å². The number of carbonyl (C=O) groups excluding carboxylic acids is 1. The van der Waals surface area contributed by atoms with Crippen LogP contribution in [0.2, 0.25) is 0 Å². The average molecular weight is 240 g/mol. The first-order valence-corrected chi connectivity index (χ1v) is 5.50. The Bertz CT molecular complexity index is 413. The summed E-state index contributed by atoms with van der Waals surface area (Å²) in [6.45, 7) is 5.37. The predicted octanol–water partition coefficient (Wildman–Crippen LogP) is 1.17. The van der Waals surface area contributed by atoms with Gasteiger partial charge in [0.2, 0.25) is 0 Å². The molecule has 1 amide bonds. The van der Waals surface area contributed by atoms with E-state index in [-0.39, 0.29) is 5.69 Å². The Labute approximate surface area is 99.2 Å². The molecule has 1 heterocycles. The second-order valence-electron chi connectivity index (χ2n) is 3.64. The molecular weight excluding hydrogens is 224 g/mol. The summed E-state index contributed by atoms with van der Waals surface area (Å²) in [5.41, 5.74) is 0.150. The molecule has 0 aromatic carbocycles. The summed E-state index contributed by atoms with van der Waals surface area (Å²) in [4.78, 5) is 24.1. The first kappa shape index (κ1) is 13.2. The number of amides is 1. The summed E-state index contributed by atoms with van der Waals surface area (Å²) in [5.74, 6) is -0.863. The van der Waals surface area contributed by atoms with Gasteiger partial charge in [-0.15, -0.1) is 0 Å². The van der Waals surface area contributed by atoms with Crippen LogP contribution in [0.25, 0.3) is 0 Å². The van der Waals surface area contributed by atoms with E-state index in [1.165, 1.54) is 11.8 Å². The minimum Gasteiger partial charge on any atom is -0.480 e. The lowest BCUT2D eigenvalue weighted by atomic mass is 10.2. The van der Waals surface area contributed by atoms with Crippen LogP contribution in [-0.2, 0) is 11.2 Å². The van der Waals surface area contributed by atoms with E-state index in [0.717, 1.165) is 0 Å². The van der Waals surface area contributed by atoms with Crippen molar-refractivity contribution in [3.8, 4) is 0 Å². The van der Waals surface area contributed by atoms with Crippen molar-refractivity contribution in [3.63, 3.8) is 0 Å². The fraction of sp³-hybridized carbons (Fsp3) is 0.545. The zero-order valence-electron chi connectivity index (χ0n) is 10.1. The topological polar surface area (TPSA) is 83.6 Å². The number of aromatic nitrogens is 1. The van der Waals surface area contributed by atoms with E-state index in [0.29, 0.717) is 18.7 Å². The molecule has 0 aliphatic rings. The summed E-state index contributed by atoms with van der Waals surface area (Å²) >= 11 is 0. The number of hydrogen-bond donors (Lipinski definition) is 1. The molecule has 6 heteroatoms. The van der Waals surface area contributed by atoms with Crippen molar-refractivity contribution in [2.45, 2.75) is 33.2 Å². The molecule has 0 saturated carbocycles. The van der Waals surface area contributed by atoms with Gasteiger partial charge in [0, 0.05) is 19.0 Å². The highest BCUT2D eigenvalue weighted by molar-refractivity contribution is 5.94. The maximum absolute atomic E-state index is 12.0. The van der Waals surface area contributed by atoms with Crippen molar-refractivity contribution in [1.82, 2.24) is 10.1 Å². The molecule has 1 aromatic heterocycles. The molecule has 1 unspecified atom stereocenters. The van der Waals surface area contributed by atoms with E-state index in [4.69, 9.17) is 9.63 Å². The van der Waals surface area contributed by atoms with Gasteiger partial charge in [0.15, 0.2) is 5.69 Å². The van der Waals surface area contributed by atoms with E-state index in [9.17, 15) is 9.59 Å². The highest BCUT2D eigenvalue weighted by Crippen LogP contribution is 2.10. The van der Waals surface area contributed by atoms with Crippen LogP contribution in [0.4, 0.5) is 0 Å². The van der Waals surface area contributed by atoms with Crippen molar-refractivity contribution in [3.05, 3.63) is 17.5 Å². The molecule has 17 heavy (non-hydrogen) atoms. The van der Waals surface area contributed by atoms with E-state index in [1.807, 2.05) is 6.92 Å². The third-order valence-corrected chi connectivity index (χ3v) is 2.55. The van der Waals surface area contributed by atoms with Gasteiger partial charge in [0.25, 0.3) is 5.91 Å². The number of nitrogens with zero attached hydrogens (tertiary/aromatic N) is 2. The SMILES string of the molecule is CCc1cc(C(=O)N(CC)C(C)C(=O)O)no1. The quantitative estimate of drug-likeness (QED) is 0.835. The van der Waals surface area contributed by atoms with Crippen molar-refractivity contribution >= 4 is 11.9 Å². The van der Waals surface area contributed by atoms with Gasteiger partial charge in [-0.05, 0) is 13.8 Å². The van der Waals surface area contributed by atoms with Crippen LogP contribution in [0.15, 0.2) is 10.6 Å². The van der Waals surface area contributed by atoms with Gasteiger partial charge in [-0.25, -0.2) is 4.79 Å². The van der Waals surface area contributed by atoms with Crippen LogP contribution < -0.4 is 0 Å². The van der Waals surface area contributed by atoms with E-state index >= 15 is 0 Å². The minimum atomic E-state index is -1.04. The first-order valence-electron chi connectivity index (χ1n) is 5.50. The van der Waals surface area contributed by atoms with Crippen molar-refractivity contribution in [2.24, 2.45) is 0 Å². The smallest absolute Gasteiger partial charge is 0.326 e. The molecular formula is C11H16N2O4. The zero-order chi connectivity index (χ0) is 13.0. The molecule has 0 saturated heterocycles. The number of aliphatic carboxylic acids is 1. The fourth-order valence-corrected chi connectivity index (χ4v) is 1.45. The molecule has 0 fully saturated rings. The first-order chi connectivity index (χ1) is 8.01. The van der Waals surface area contributed by atoms with E-state index in [2.05, 4.69) is 5.16 Å². The van der Waals surface area contributed by atoms with Crippen molar-refractivity contribution in [2.75, 3.05) is 6.54 Å². The number of carboxylic acid groups (broad SMARTS) is 1. The molecule has 1 N–H and O–H groups in total. The molecule has 0 radical (unpaired) electrons. The van der Waals surface area contributed by atoms with Gasteiger partial charge in [0.1, 0.15) is 11.8 Å². The highest BCUT2D eigenvalue weighted by atomic mass is 16.5. The fourth-order valence-electron chi connectivity index (χ4n) is 1.45. The number of aryl methyl sites for hydroxylation is 1. The van der Waals surface area contributed by atoms with Crippen LogP contribution in [0.3, 0.4) is 0 Å². The van der Waals surface area contributed by atoms with Crippen molar-refractivity contribution < 1.29 is 19.2 Å². The lowest BCUT2D eigenvalue weighted by Gasteiger charge is -2.23. The van der Waals surface area contributed by atoms with Crippen LogP contribution in [0, 0.1) is 0 Å². The average Bonchev–Trinajstić information content (AvgIpc) is 2.77. The maximum Gasteiger partial charge on any atom is 0.326 e. The lowest BCUT2D eigenvalue weighted by Crippen LogP contribution is -2.43. The third kappa shape index (κ3) is 2.83. The molecule has 1 aromatic rings. The highest BCUT2D eigenvalue weighted by Gasteiger charge is 2.26. The molecule has 0 bridgehead atoms. The predicted molar refractivity (Wildman–Crippen MR) is 59.7 cm³/mol. The van der Waals surface area contributed by atoms with Gasteiger partial charge in [0.05, 0.1) is 0 Å². The number of carbonyl (C=O) groups is 2. The lowest BCUT2D eigenvalue weighted by molar-refractivity contribution is -0.141. The monoisotopic (exact) mass is 240 g/mol. The van der Waals surface area contributed by atoms with Crippen LogP contribution >= 0.6 is 0 Å². The van der Waals surface area contributed by atoms with Crippen LogP contribution in [0.1, 0.15) is 37.0 Å². The van der Waals surface area contributed by atoms with Crippen molar-refractivity contribution in [1.29, 1.82) is 0 Å². The Hall–Kier alpha value is -1.85. The Morgan fingerprint density at radius 1 is 1.53 bits per heavy atom. The number of hydrogen-bond acceptors (Lipinski definition) is 4. The molecule has 1 atom stereocenters. The van der Waals surface area contributed by atoms with E-state index in [1.54, 1.807) is 13.0 Å². The Morgan fingerprint density at radius 2 is 2.18 bits per heavy atom. The Balaban J connectivity index is 2.89. The Morgan fingerprint density at radius 3 is 2.59 bits per heavy atom. The third-order valence-electron chi connectivity index (χ3n) is 2.55. The summed E-state index contributed by atoms with van der Waals surface area (Å²) in [6.07, 6.45) is 0.640. The Kier molecular flexibility index (Phi) is 4.25. The maximum atomic E-state index is 12.0. The van der Waals surface area contributed by atoms with Gasteiger partial charge < -0.3 is 14.5 Å². The second kappa shape index (κ2) is 5.47. The molecule has 0 aliphatic carbocycles.